The molecule has 0 saturated carbocycles. The monoisotopic (exact) mass is 296 g/mol. The van der Waals surface area contributed by atoms with E-state index in [0.717, 1.165) is 0 Å². The molecule has 0 radical (unpaired) electrons. The van der Waals surface area contributed by atoms with Crippen molar-refractivity contribution in [3.8, 4) is 0 Å². The molecule has 1 heterocycles. The SMILES string of the molecule is CCOCCN(CCOCC)c1cc(C(=O)O)cc(C)n1. The van der Waals surface area contributed by atoms with Gasteiger partial charge in [0.1, 0.15) is 5.82 Å². The number of anilines is 1. The Kier molecular flexibility index (Phi) is 7.71. The Morgan fingerprint density at radius 3 is 2.24 bits per heavy atom. The molecule has 6 nitrogen and oxygen atoms in total. The number of pyridine rings is 1. The first-order chi connectivity index (χ1) is 10.1. The van der Waals surface area contributed by atoms with Crippen LogP contribution in [-0.4, -0.2) is 55.6 Å². The summed E-state index contributed by atoms with van der Waals surface area (Å²) >= 11 is 0. The molecule has 0 fully saturated rings. The van der Waals surface area contributed by atoms with Crippen molar-refractivity contribution in [1.82, 2.24) is 4.98 Å². The lowest BCUT2D eigenvalue weighted by molar-refractivity contribution is 0.0696. The highest BCUT2D eigenvalue weighted by molar-refractivity contribution is 5.88. The third kappa shape index (κ3) is 6.10. The first kappa shape index (κ1) is 17.4. The molecule has 0 bridgehead atoms. The topological polar surface area (TPSA) is 71.9 Å². The molecule has 21 heavy (non-hydrogen) atoms. The van der Waals surface area contributed by atoms with Gasteiger partial charge >= 0.3 is 5.97 Å². The minimum atomic E-state index is -0.948. The average molecular weight is 296 g/mol. The first-order valence-electron chi connectivity index (χ1n) is 7.20. The number of hydrogen-bond donors (Lipinski definition) is 1. The number of hydrogen-bond acceptors (Lipinski definition) is 5. The van der Waals surface area contributed by atoms with Gasteiger partial charge in [-0.3, -0.25) is 0 Å². The second-order valence-electron chi connectivity index (χ2n) is 4.54. The van der Waals surface area contributed by atoms with Gasteiger partial charge in [-0.15, -0.1) is 0 Å². The molecule has 6 heteroatoms. The van der Waals surface area contributed by atoms with Crippen molar-refractivity contribution in [1.29, 1.82) is 0 Å². The normalized spacial score (nSPS) is 10.6. The Hall–Kier alpha value is -1.66. The van der Waals surface area contributed by atoms with Gasteiger partial charge in [0.05, 0.1) is 18.8 Å². The number of carbonyl (C=O) groups is 1. The van der Waals surface area contributed by atoms with Crippen LogP contribution in [0.2, 0.25) is 0 Å². The fourth-order valence-corrected chi connectivity index (χ4v) is 1.92. The summed E-state index contributed by atoms with van der Waals surface area (Å²) in [6.45, 7) is 9.42. The summed E-state index contributed by atoms with van der Waals surface area (Å²) in [7, 11) is 0. The molecule has 1 N–H and O–H groups in total. The Morgan fingerprint density at radius 1 is 1.19 bits per heavy atom. The highest BCUT2D eigenvalue weighted by Gasteiger charge is 2.12. The van der Waals surface area contributed by atoms with Crippen LogP contribution >= 0.6 is 0 Å². The van der Waals surface area contributed by atoms with Crippen molar-refractivity contribution in [3.63, 3.8) is 0 Å². The van der Waals surface area contributed by atoms with Crippen molar-refractivity contribution in [2.75, 3.05) is 44.4 Å². The van der Waals surface area contributed by atoms with Gasteiger partial charge in [-0.2, -0.15) is 0 Å². The molecule has 0 aromatic carbocycles. The van der Waals surface area contributed by atoms with Crippen LogP contribution in [-0.2, 0) is 9.47 Å². The summed E-state index contributed by atoms with van der Waals surface area (Å²) in [5, 5.41) is 9.15. The predicted octanol–water partition coefficient (Wildman–Crippen LogP) is 1.97. The lowest BCUT2D eigenvalue weighted by atomic mass is 10.2. The number of aryl methyl sites for hydroxylation is 1. The van der Waals surface area contributed by atoms with Crippen molar-refractivity contribution in [2.45, 2.75) is 20.8 Å². The summed E-state index contributed by atoms with van der Waals surface area (Å²) < 4.78 is 10.7. The molecule has 0 spiro atoms. The van der Waals surface area contributed by atoms with E-state index in [0.29, 0.717) is 51.0 Å². The summed E-state index contributed by atoms with van der Waals surface area (Å²) in [6, 6.07) is 3.16. The van der Waals surface area contributed by atoms with Crippen LogP contribution in [0.1, 0.15) is 29.9 Å². The fraction of sp³-hybridized carbons (Fsp3) is 0.600. The quantitative estimate of drug-likeness (QED) is 0.666. The molecule has 0 atom stereocenters. The highest BCUT2D eigenvalue weighted by atomic mass is 16.5. The van der Waals surface area contributed by atoms with E-state index in [1.54, 1.807) is 19.1 Å². The van der Waals surface area contributed by atoms with Crippen LogP contribution in [0.4, 0.5) is 5.82 Å². The number of nitrogens with zero attached hydrogens (tertiary/aromatic N) is 2. The largest absolute Gasteiger partial charge is 0.478 e. The summed E-state index contributed by atoms with van der Waals surface area (Å²) in [6.07, 6.45) is 0. The molecular formula is C15H24N2O4. The van der Waals surface area contributed by atoms with Crippen molar-refractivity contribution < 1.29 is 19.4 Å². The predicted molar refractivity (Wildman–Crippen MR) is 81.1 cm³/mol. The van der Waals surface area contributed by atoms with Gasteiger partial charge < -0.3 is 19.5 Å². The first-order valence-corrected chi connectivity index (χ1v) is 7.20. The molecule has 0 aliphatic carbocycles. The molecule has 118 valence electrons. The number of carboxylic acids is 1. The van der Waals surface area contributed by atoms with Crippen LogP contribution in [0.5, 0.6) is 0 Å². The van der Waals surface area contributed by atoms with Crippen LogP contribution in [0.25, 0.3) is 0 Å². The summed E-state index contributed by atoms with van der Waals surface area (Å²) in [4.78, 5) is 17.6. The molecule has 0 unspecified atom stereocenters. The lowest BCUT2D eigenvalue weighted by Crippen LogP contribution is -2.32. The van der Waals surface area contributed by atoms with Gasteiger partial charge in [-0.1, -0.05) is 0 Å². The molecule has 1 rings (SSSR count). The zero-order valence-corrected chi connectivity index (χ0v) is 13.0. The third-order valence-electron chi connectivity index (χ3n) is 2.93. The molecule has 0 saturated heterocycles. The molecule has 1 aromatic heterocycles. The second-order valence-corrected chi connectivity index (χ2v) is 4.54. The number of carboxylic acid groups (broad SMARTS) is 1. The second kappa shape index (κ2) is 9.31. The molecule has 0 aliphatic rings. The summed E-state index contributed by atoms with van der Waals surface area (Å²) in [5.41, 5.74) is 0.929. The minimum absolute atomic E-state index is 0.246. The van der Waals surface area contributed by atoms with Gasteiger partial charge in [0.25, 0.3) is 0 Å². The third-order valence-corrected chi connectivity index (χ3v) is 2.93. The molecule has 1 aromatic rings. The van der Waals surface area contributed by atoms with Crippen molar-refractivity contribution in [2.24, 2.45) is 0 Å². The van der Waals surface area contributed by atoms with Gasteiger partial charge in [0.15, 0.2) is 0 Å². The van der Waals surface area contributed by atoms with Crippen LogP contribution in [0.3, 0.4) is 0 Å². The number of rotatable bonds is 10. The zero-order valence-electron chi connectivity index (χ0n) is 13.0. The Labute approximate surface area is 125 Å². The van der Waals surface area contributed by atoms with Gasteiger partial charge in [-0.25, -0.2) is 9.78 Å². The minimum Gasteiger partial charge on any atom is -0.478 e. The van der Waals surface area contributed by atoms with Crippen LogP contribution in [0.15, 0.2) is 12.1 Å². The van der Waals surface area contributed by atoms with Crippen molar-refractivity contribution >= 4 is 11.8 Å². The standard InChI is InChI=1S/C15H24N2O4/c1-4-20-8-6-17(7-9-21-5-2)14-11-13(15(18)19)10-12(3)16-14/h10-11H,4-9H2,1-3H3,(H,18,19). The van der Waals surface area contributed by atoms with Gasteiger partial charge in [0, 0.05) is 32.0 Å². The zero-order chi connectivity index (χ0) is 15.7. The average Bonchev–Trinajstić information content (AvgIpc) is 2.45. The van der Waals surface area contributed by atoms with E-state index in [-0.39, 0.29) is 5.56 Å². The van der Waals surface area contributed by atoms with E-state index in [9.17, 15) is 4.79 Å². The van der Waals surface area contributed by atoms with Gasteiger partial charge in [0.2, 0.25) is 0 Å². The number of ether oxygens (including phenoxy) is 2. The maximum absolute atomic E-state index is 11.2. The van der Waals surface area contributed by atoms with Crippen LogP contribution in [0, 0.1) is 6.92 Å². The summed E-state index contributed by atoms with van der Waals surface area (Å²) in [5.74, 6) is -0.303. The maximum atomic E-state index is 11.2. The number of aromatic carboxylic acids is 1. The van der Waals surface area contributed by atoms with E-state index in [2.05, 4.69) is 4.98 Å². The highest BCUT2D eigenvalue weighted by Crippen LogP contribution is 2.15. The Balaban J connectivity index is 2.86. The van der Waals surface area contributed by atoms with Crippen molar-refractivity contribution in [3.05, 3.63) is 23.4 Å². The lowest BCUT2D eigenvalue weighted by Gasteiger charge is -2.24. The molecule has 0 aliphatic heterocycles. The number of aromatic nitrogens is 1. The Morgan fingerprint density at radius 2 is 1.76 bits per heavy atom. The molecular weight excluding hydrogens is 272 g/mol. The van der Waals surface area contributed by atoms with E-state index < -0.39 is 5.97 Å². The van der Waals surface area contributed by atoms with Gasteiger partial charge in [-0.05, 0) is 32.9 Å². The maximum Gasteiger partial charge on any atom is 0.335 e. The Bertz CT molecular complexity index is 441. The van der Waals surface area contributed by atoms with E-state index in [1.165, 1.54) is 0 Å². The van der Waals surface area contributed by atoms with E-state index >= 15 is 0 Å². The van der Waals surface area contributed by atoms with E-state index in [4.69, 9.17) is 14.6 Å². The smallest absolute Gasteiger partial charge is 0.335 e. The van der Waals surface area contributed by atoms with E-state index in [1.807, 2.05) is 18.7 Å². The van der Waals surface area contributed by atoms with Crippen LogP contribution < -0.4 is 4.90 Å². The molecule has 0 amide bonds. The fourth-order valence-electron chi connectivity index (χ4n) is 1.92.